The third kappa shape index (κ3) is 2.53. The van der Waals surface area contributed by atoms with Crippen molar-refractivity contribution in [2.45, 2.75) is 25.3 Å². The molecule has 0 unspecified atom stereocenters. The summed E-state index contributed by atoms with van der Waals surface area (Å²) in [4.78, 5) is 22.3. The molecule has 1 aliphatic carbocycles. The molecule has 5 nitrogen and oxygen atoms in total. The highest BCUT2D eigenvalue weighted by atomic mass is 79.9. The Bertz CT molecular complexity index is 512. The lowest BCUT2D eigenvalue weighted by Gasteiger charge is -2.14. The van der Waals surface area contributed by atoms with Gasteiger partial charge in [-0.3, -0.25) is 14.9 Å². The molecule has 0 aromatic heterocycles. The lowest BCUT2D eigenvalue weighted by Crippen LogP contribution is -2.38. The highest BCUT2D eigenvalue weighted by molar-refractivity contribution is 9.09. The summed E-state index contributed by atoms with van der Waals surface area (Å²) in [6, 6.07) is 4.54. The summed E-state index contributed by atoms with van der Waals surface area (Å²) < 4.78 is 0. The summed E-state index contributed by atoms with van der Waals surface area (Å²) >= 11 is 3.36. The molecule has 6 heteroatoms. The van der Waals surface area contributed by atoms with Gasteiger partial charge in [-0.2, -0.15) is 0 Å². The molecule has 1 saturated carbocycles. The molecule has 0 heterocycles. The van der Waals surface area contributed by atoms with Crippen molar-refractivity contribution in [3.63, 3.8) is 0 Å². The SMILES string of the molecule is Cc1ccc(C(=O)NC2(CBr)CC2)cc1[N+](=O)[O-]. The number of aryl methyl sites for hydroxylation is 1. The molecule has 1 aliphatic rings. The van der Waals surface area contributed by atoms with E-state index in [9.17, 15) is 14.9 Å². The van der Waals surface area contributed by atoms with Crippen molar-refractivity contribution in [2.24, 2.45) is 0 Å². The first-order valence-corrected chi connectivity index (χ1v) is 6.73. The minimum absolute atomic E-state index is 0.0219. The zero-order valence-corrected chi connectivity index (χ0v) is 11.5. The second-order valence-corrected chi connectivity index (χ2v) is 5.19. The maximum absolute atomic E-state index is 12.0. The molecule has 0 aliphatic heterocycles. The largest absolute Gasteiger partial charge is 0.346 e. The fraction of sp³-hybridized carbons (Fsp3) is 0.417. The Morgan fingerprint density at radius 2 is 2.22 bits per heavy atom. The van der Waals surface area contributed by atoms with Crippen molar-refractivity contribution in [3.8, 4) is 0 Å². The number of alkyl halides is 1. The average molecular weight is 313 g/mol. The van der Waals surface area contributed by atoms with Gasteiger partial charge in [-0.25, -0.2) is 0 Å². The first-order valence-electron chi connectivity index (χ1n) is 5.61. The number of carbonyl (C=O) groups is 1. The molecule has 0 bridgehead atoms. The number of hydrogen-bond acceptors (Lipinski definition) is 3. The Hall–Kier alpha value is -1.43. The van der Waals surface area contributed by atoms with Crippen LogP contribution in [0.1, 0.15) is 28.8 Å². The van der Waals surface area contributed by atoms with Crippen molar-refractivity contribution < 1.29 is 9.72 Å². The third-order valence-electron chi connectivity index (χ3n) is 3.16. The second-order valence-electron chi connectivity index (χ2n) is 4.63. The monoisotopic (exact) mass is 312 g/mol. The van der Waals surface area contributed by atoms with E-state index in [0.29, 0.717) is 16.5 Å². The Morgan fingerprint density at radius 3 is 2.72 bits per heavy atom. The number of halogens is 1. The van der Waals surface area contributed by atoms with Crippen LogP contribution in [-0.4, -0.2) is 21.7 Å². The molecule has 1 aromatic carbocycles. The molecule has 2 rings (SSSR count). The van der Waals surface area contributed by atoms with E-state index in [4.69, 9.17) is 0 Å². The minimum atomic E-state index is -0.469. The van der Waals surface area contributed by atoms with Crippen LogP contribution >= 0.6 is 15.9 Å². The van der Waals surface area contributed by atoms with Gasteiger partial charge in [0, 0.05) is 22.5 Å². The van der Waals surface area contributed by atoms with Gasteiger partial charge in [0.25, 0.3) is 11.6 Å². The summed E-state index contributed by atoms with van der Waals surface area (Å²) in [7, 11) is 0. The lowest BCUT2D eigenvalue weighted by molar-refractivity contribution is -0.385. The molecule has 0 saturated heterocycles. The molecule has 0 spiro atoms. The minimum Gasteiger partial charge on any atom is -0.346 e. The Kier molecular flexibility index (Phi) is 3.38. The number of nitrogens with one attached hydrogen (secondary N) is 1. The highest BCUT2D eigenvalue weighted by Crippen LogP contribution is 2.37. The van der Waals surface area contributed by atoms with Gasteiger partial charge < -0.3 is 5.32 Å². The van der Waals surface area contributed by atoms with Crippen molar-refractivity contribution in [1.82, 2.24) is 5.32 Å². The predicted octanol–water partition coefficient (Wildman–Crippen LogP) is 2.56. The third-order valence-corrected chi connectivity index (χ3v) is 4.23. The fourth-order valence-corrected chi connectivity index (χ4v) is 2.40. The van der Waals surface area contributed by atoms with Crippen molar-refractivity contribution in [2.75, 3.05) is 5.33 Å². The normalized spacial score (nSPS) is 16.1. The molecular weight excluding hydrogens is 300 g/mol. The van der Waals surface area contributed by atoms with E-state index >= 15 is 0 Å². The maximum Gasteiger partial charge on any atom is 0.273 e. The number of rotatable bonds is 4. The van der Waals surface area contributed by atoms with Crippen LogP contribution in [0.3, 0.4) is 0 Å². The maximum atomic E-state index is 12.0. The summed E-state index contributed by atoms with van der Waals surface area (Å²) in [5.74, 6) is -0.255. The van der Waals surface area contributed by atoms with E-state index in [1.54, 1.807) is 19.1 Å². The van der Waals surface area contributed by atoms with Crippen LogP contribution < -0.4 is 5.32 Å². The summed E-state index contributed by atoms with van der Waals surface area (Å²) in [5.41, 5.74) is 0.709. The molecule has 96 valence electrons. The van der Waals surface area contributed by atoms with Crippen molar-refractivity contribution in [1.29, 1.82) is 0 Å². The molecule has 1 fully saturated rings. The standard InChI is InChI=1S/C12H13BrN2O3/c1-8-2-3-9(6-10(8)15(17)18)11(16)14-12(7-13)4-5-12/h2-3,6H,4-5,7H2,1H3,(H,14,16). The van der Waals surface area contributed by atoms with Crippen LogP contribution in [0.25, 0.3) is 0 Å². The zero-order chi connectivity index (χ0) is 13.3. The number of nitro benzene ring substituents is 1. The molecule has 18 heavy (non-hydrogen) atoms. The van der Waals surface area contributed by atoms with Crippen LogP contribution in [0, 0.1) is 17.0 Å². The van der Waals surface area contributed by atoms with Crippen LogP contribution in [0.5, 0.6) is 0 Å². The molecule has 1 aromatic rings. The Labute approximate surface area is 113 Å². The van der Waals surface area contributed by atoms with Gasteiger partial charge in [0.05, 0.1) is 10.5 Å². The second kappa shape index (κ2) is 4.68. The molecule has 1 N–H and O–H groups in total. The molecule has 0 radical (unpaired) electrons. The van der Waals surface area contributed by atoms with E-state index in [-0.39, 0.29) is 17.1 Å². The number of carbonyl (C=O) groups excluding carboxylic acids is 1. The Morgan fingerprint density at radius 1 is 1.56 bits per heavy atom. The van der Waals surface area contributed by atoms with E-state index in [0.717, 1.165) is 12.8 Å². The average Bonchev–Trinajstić information content (AvgIpc) is 3.09. The van der Waals surface area contributed by atoms with Crippen molar-refractivity contribution in [3.05, 3.63) is 39.4 Å². The van der Waals surface area contributed by atoms with E-state index in [1.807, 2.05) is 0 Å². The lowest BCUT2D eigenvalue weighted by atomic mass is 10.1. The number of benzene rings is 1. The first-order chi connectivity index (χ1) is 8.47. The smallest absolute Gasteiger partial charge is 0.273 e. The van der Waals surface area contributed by atoms with E-state index in [1.165, 1.54) is 6.07 Å². The van der Waals surface area contributed by atoms with Gasteiger partial charge in [-0.05, 0) is 25.8 Å². The summed E-state index contributed by atoms with van der Waals surface area (Å²) in [5, 5.41) is 14.4. The fourth-order valence-electron chi connectivity index (χ4n) is 1.70. The highest BCUT2D eigenvalue weighted by Gasteiger charge is 2.43. The summed E-state index contributed by atoms with van der Waals surface area (Å²) in [6.45, 7) is 1.65. The Balaban J connectivity index is 2.21. The van der Waals surface area contributed by atoms with Gasteiger partial charge in [0.1, 0.15) is 0 Å². The van der Waals surface area contributed by atoms with E-state index < -0.39 is 4.92 Å². The van der Waals surface area contributed by atoms with Gasteiger partial charge in [-0.15, -0.1) is 0 Å². The van der Waals surface area contributed by atoms with Gasteiger partial charge in [0.2, 0.25) is 0 Å². The quantitative estimate of drug-likeness (QED) is 0.527. The van der Waals surface area contributed by atoms with E-state index in [2.05, 4.69) is 21.2 Å². The topological polar surface area (TPSA) is 72.2 Å². The van der Waals surface area contributed by atoms with Crippen LogP contribution in [-0.2, 0) is 0 Å². The number of amides is 1. The number of nitrogens with zero attached hydrogens (tertiary/aromatic N) is 1. The summed E-state index contributed by atoms with van der Waals surface area (Å²) in [6.07, 6.45) is 1.88. The van der Waals surface area contributed by atoms with Gasteiger partial charge in [0.15, 0.2) is 0 Å². The van der Waals surface area contributed by atoms with Gasteiger partial charge in [-0.1, -0.05) is 22.0 Å². The van der Waals surface area contributed by atoms with Crippen LogP contribution in [0.2, 0.25) is 0 Å². The molecular formula is C12H13BrN2O3. The molecule has 0 atom stereocenters. The number of nitro groups is 1. The first kappa shape index (κ1) is 13.0. The van der Waals surface area contributed by atoms with Crippen LogP contribution in [0.4, 0.5) is 5.69 Å². The van der Waals surface area contributed by atoms with Gasteiger partial charge >= 0.3 is 0 Å². The number of hydrogen-bond donors (Lipinski definition) is 1. The van der Waals surface area contributed by atoms with Crippen molar-refractivity contribution >= 4 is 27.5 Å². The predicted molar refractivity (Wildman–Crippen MR) is 71.1 cm³/mol. The molecule has 1 amide bonds. The zero-order valence-electron chi connectivity index (χ0n) is 9.90. The van der Waals surface area contributed by atoms with Crippen LogP contribution in [0.15, 0.2) is 18.2 Å².